The molecule has 0 aliphatic heterocycles. The predicted octanol–water partition coefficient (Wildman–Crippen LogP) is 0.0963. The van der Waals surface area contributed by atoms with Crippen LogP contribution in [0.4, 0.5) is 0 Å². The lowest BCUT2D eigenvalue weighted by Gasteiger charge is -1.84. The number of carbonyl (C=O) groups is 1. The van der Waals surface area contributed by atoms with E-state index in [0.717, 1.165) is 0 Å². The number of aliphatic carboxylic acids is 1. The van der Waals surface area contributed by atoms with Gasteiger partial charge >= 0.3 is 5.97 Å². The van der Waals surface area contributed by atoms with E-state index in [-0.39, 0.29) is 0 Å². The molecule has 0 atom stereocenters. The average Bonchev–Trinajstić information content (AvgIpc) is 1.87. The number of hydrogen-bond acceptors (Lipinski definition) is 1. The largest absolute Gasteiger partial charge is 0.481 e. The Balaban J connectivity index is 4.67. The van der Waals surface area contributed by atoms with Crippen molar-refractivity contribution in [3.05, 3.63) is 0 Å². The zero-order chi connectivity index (χ0) is 9.28. The van der Waals surface area contributed by atoms with Crippen molar-refractivity contribution in [1.82, 2.24) is 0 Å². The molecule has 0 aliphatic rings. The third-order valence-corrected chi connectivity index (χ3v) is 0.902. The van der Waals surface area contributed by atoms with Gasteiger partial charge in [0.2, 0.25) is 0 Å². The molecule has 0 aromatic rings. The second kappa shape index (κ2) is 3.86. The molecule has 0 saturated heterocycles. The van der Waals surface area contributed by atoms with Gasteiger partial charge in [0.05, 0.1) is 0 Å². The van der Waals surface area contributed by atoms with Gasteiger partial charge in [-0.1, -0.05) is 12.5 Å². The van der Waals surface area contributed by atoms with Crippen LogP contribution in [0.25, 0.3) is 0 Å². The summed E-state index contributed by atoms with van der Waals surface area (Å²) in [4.78, 5) is 10.2. The summed E-state index contributed by atoms with van der Waals surface area (Å²) >= 11 is 0. The van der Waals surface area contributed by atoms with Crippen LogP contribution < -0.4 is 0 Å². The van der Waals surface area contributed by atoms with E-state index < -0.39 is 27.9 Å². The second-order valence-corrected chi connectivity index (χ2v) is 2.02. The second-order valence-electron chi connectivity index (χ2n) is 0.960. The van der Waals surface area contributed by atoms with Crippen LogP contribution in [0.1, 0.15) is 11.9 Å². The molecule has 0 aromatic carbocycles. The average molecular weight is 122 g/mol. The van der Waals surface area contributed by atoms with Crippen LogP contribution in [0.15, 0.2) is 0 Å². The summed E-state index contributed by atoms with van der Waals surface area (Å²) in [6.07, 6.45) is -2.74. The summed E-state index contributed by atoms with van der Waals surface area (Å²) in [5.41, 5.74) is 0. The molecular formula is C4H10O2Si. The first-order chi connectivity index (χ1) is 4.75. The van der Waals surface area contributed by atoms with E-state index in [0.29, 0.717) is 0 Å². The molecule has 42 valence electrons. The van der Waals surface area contributed by atoms with E-state index in [1.807, 2.05) is 0 Å². The van der Waals surface area contributed by atoms with E-state index in [9.17, 15) is 4.79 Å². The molecule has 0 fully saturated rings. The van der Waals surface area contributed by atoms with Gasteiger partial charge in [-0.25, -0.2) is 0 Å². The van der Waals surface area contributed by atoms with Crippen molar-refractivity contribution in [1.29, 1.82) is 0 Å². The highest BCUT2D eigenvalue weighted by atomic mass is 28.2. The summed E-state index contributed by atoms with van der Waals surface area (Å²) < 4.78 is 28.0. The van der Waals surface area contributed by atoms with Gasteiger partial charge in [-0.05, 0) is 0 Å². The molecule has 0 aliphatic carbocycles. The maximum atomic E-state index is 10.2. The molecule has 0 radical (unpaired) electrons. The summed E-state index contributed by atoms with van der Waals surface area (Å²) in [7, 11) is -1.33. The molecule has 0 bridgehead atoms. The van der Waals surface area contributed by atoms with Gasteiger partial charge in [0.1, 0.15) is 0 Å². The van der Waals surface area contributed by atoms with Gasteiger partial charge in [-0.15, -0.1) is 0 Å². The van der Waals surface area contributed by atoms with Crippen LogP contribution in [0.5, 0.6) is 0 Å². The highest BCUT2D eigenvalue weighted by Crippen LogP contribution is 1.85. The zero-order valence-electron chi connectivity index (χ0n) is 8.06. The summed E-state index contributed by atoms with van der Waals surface area (Å²) in [5.74, 6) is -3.89. The van der Waals surface area contributed by atoms with Crippen molar-refractivity contribution in [3.8, 4) is 0 Å². The van der Waals surface area contributed by atoms with Gasteiger partial charge < -0.3 is 5.11 Å². The maximum absolute atomic E-state index is 10.2. The van der Waals surface area contributed by atoms with Gasteiger partial charge in [-0.3, -0.25) is 4.79 Å². The Hall–Kier alpha value is -0.313. The predicted molar refractivity (Wildman–Crippen MR) is 31.5 cm³/mol. The molecule has 0 unspecified atom stereocenters. The van der Waals surface area contributed by atoms with Crippen molar-refractivity contribution in [2.24, 2.45) is 0 Å². The van der Waals surface area contributed by atoms with E-state index in [4.69, 9.17) is 10.6 Å². The highest BCUT2D eigenvalue weighted by molar-refractivity contribution is 6.33. The third kappa shape index (κ3) is 5.69. The van der Waals surface area contributed by atoms with Crippen LogP contribution in [0, 0.1) is 0 Å². The topological polar surface area (TPSA) is 37.3 Å². The Labute approximate surface area is 51.0 Å². The van der Waals surface area contributed by atoms with E-state index in [2.05, 4.69) is 0 Å². The van der Waals surface area contributed by atoms with Crippen molar-refractivity contribution < 1.29 is 15.4 Å². The van der Waals surface area contributed by atoms with Crippen LogP contribution in [0.3, 0.4) is 0 Å². The molecule has 0 rings (SSSR count). The first kappa shape index (κ1) is 2.30. The molecule has 7 heavy (non-hydrogen) atoms. The molecule has 3 heteroatoms. The lowest BCUT2D eigenvalue weighted by Crippen LogP contribution is -1.94. The van der Waals surface area contributed by atoms with Crippen LogP contribution in [-0.2, 0) is 4.79 Å². The molecule has 0 saturated carbocycles. The zero-order valence-corrected chi connectivity index (χ0v) is 5.48. The van der Waals surface area contributed by atoms with Gasteiger partial charge in [0, 0.05) is 21.4 Å². The van der Waals surface area contributed by atoms with Gasteiger partial charge in [0.15, 0.2) is 0 Å². The van der Waals surface area contributed by atoms with Gasteiger partial charge in [0.25, 0.3) is 0 Å². The fourth-order valence-electron chi connectivity index (χ4n) is 0.164. The number of rotatable bonds is 3. The highest BCUT2D eigenvalue weighted by Gasteiger charge is 1.91. The van der Waals surface area contributed by atoms with Crippen LogP contribution in [0.2, 0.25) is 12.5 Å². The molecule has 0 aromatic heterocycles. The molecular weight excluding hydrogens is 108 g/mol. The van der Waals surface area contributed by atoms with Crippen molar-refractivity contribution >= 4 is 15.5 Å². The molecule has 0 amide bonds. The third-order valence-electron chi connectivity index (χ3n) is 0.372. The first-order valence-corrected chi connectivity index (χ1v) is 4.11. The van der Waals surface area contributed by atoms with Crippen molar-refractivity contribution in [3.63, 3.8) is 0 Å². The molecule has 0 heterocycles. The fraction of sp³-hybridized carbons (Fsp3) is 0.750. The SMILES string of the molecule is [2H]C([2H])([SiH2]C)C([2H])([2H])C(=O)O. The number of carboxylic acid groups (broad SMARTS) is 1. The van der Waals surface area contributed by atoms with E-state index in [1.54, 1.807) is 6.55 Å². The Morgan fingerprint density at radius 2 is 2.71 bits per heavy atom. The minimum Gasteiger partial charge on any atom is -0.481 e. The van der Waals surface area contributed by atoms with E-state index in [1.165, 1.54) is 0 Å². The maximum Gasteiger partial charge on any atom is 0.303 e. The molecule has 2 nitrogen and oxygen atoms in total. The summed E-state index contributed by atoms with van der Waals surface area (Å²) in [6, 6.07) is 0. The normalized spacial score (nSPS) is 23.0. The Bertz CT molecular complexity index is 169. The van der Waals surface area contributed by atoms with E-state index >= 15 is 0 Å². The summed E-state index contributed by atoms with van der Waals surface area (Å²) in [6.45, 7) is 1.54. The number of hydrogen-bond donors (Lipinski definition) is 1. The fourth-order valence-corrected chi connectivity index (χ4v) is 0.492. The smallest absolute Gasteiger partial charge is 0.303 e. The minimum atomic E-state index is -2.74. The monoisotopic (exact) mass is 122 g/mol. The standard InChI is InChI=1S/C4H10O2Si/c1-7-3-2-4(5)6/h2-3,7H2,1H3,(H,5,6)/i2D2,3D2. The molecule has 0 spiro atoms. The Morgan fingerprint density at radius 1 is 2.14 bits per heavy atom. The first-order valence-electron chi connectivity index (χ1n) is 3.99. The van der Waals surface area contributed by atoms with Crippen molar-refractivity contribution in [2.75, 3.05) is 0 Å². The summed E-state index contributed by atoms with van der Waals surface area (Å²) in [5, 5.41) is 8.32. The lowest BCUT2D eigenvalue weighted by molar-refractivity contribution is -0.136. The number of carboxylic acids is 1. The Morgan fingerprint density at radius 3 is 2.86 bits per heavy atom. The van der Waals surface area contributed by atoms with Crippen LogP contribution in [-0.4, -0.2) is 20.6 Å². The Kier molecular flexibility index (Phi) is 1.27. The molecule has 1 N–H and O–H groups in total. The quantitative estimate of drug-likeness (QED) is 0.539. The van der Waals surface area contributed by atoms with Crippen molar-refractivity contribution in [2.45, 2.75) is 18.9 Å². The van der Waals surface area contributed by atoms with Crippen LogP contribution >= 0.6 is 0 Å². The minimum absolute atomic E-state index is 1.33. The lowest BCUT2D eigenvalue weighted by atomic mass is 10.5. The van der Waals surface area contributed by atoms with Gasteiger partial charge in [-0.2, -0.15) is 0 Å².